The molecule has 1 N–H and O–H groups in total. The summed E-state index contributed by atoms with van der Waals surface area (Å²) in [6.07, 6.45) is 1.26. The maximum Gasteiger partial charge on any atom is 0.0979 e. The van der Waals surface area contributed by atoms with E-state index in [0.717, 1.165) is 5.56 Å². The topological polar surface area (TPSA) is 20.2 Å². The molecule has 1 atom stereocenters. The average Bonchev–Trinajstić information content (AvgIpc) is 2.41. The van der Waals surface area contributed by atoms with Crippen LogP contribution in [0.3, 0.4) is 0 Å². The van der Waals surface area contributed by atoms with E-state index in [2.05, 4.69) is 0 Å². The molecule has 0 aromatic heterocycles. The van der Waals surface area contributed by atoms with E-state index in [1.807, 2.05) is 66.1 Å². The molecule has 0 aliphatic heterocycles. The summed E-state index contributed by atoms with van der Waals surface area (Å²) in [5.41, 5.74) is 0.914. The van der Waals surface area contributed by atoms with Gasteiger partial charge >= 0.3 is 0 Å². The van der Waals surface area contributed by atoms with E-state index in [9.17, 15) is 5.11 Å². The number of aliphatic hydroxyl groups is 1. The summed E-state index contributed by atoms with van der Waals surface area (Å²) in [7, 11) is 0. The van der Waals surface area contributed by atoms with Crippen molar-refractivity contribution in [1.82, 2.24) is 0 Å². The lowest BCUT2D eigenvalue weighted by atomic mass is 10.1. The van der Waals surface area contributed by atoms with Gasteiger partial charge in [0.15, 0.2) is 0 Å². The van der Waals surface area contributed by atoms with Gasteiger partial charge in [0.05, 0.1) is 6.10 Å². The molecule has 0 radical (unpaired) electrons. The zero-order valence-corrected chi connectivity index (χ0v) is 10.2. The van der Waals surface area contributed by atoms with Gasteiger partial charge in [-0.25, -0.2) is 0 Å². The van der Waals surface area contributed by atoms with Crippen molar-refractivity contribution >= 4 is 11.8 Å². The molecule has 0 bridgehead atoms. The minimum atomic E-state index is -0.535. The minimum Gasteiger partial charge on any atom is -0.384 e. The van der Waals surface area contributed by atoms with Gasteiger partial charge in [-0.2, -0.15) is 0 Å². The molecule has 2 heteroatoms. The predicted molar refractivity (Wildman–Crippen MR) is 72.8 cm³/mol. The molecule has 2 aromatic rings. The molecule has 2 aromatic carbocycles. The molecule has 0 amide bonds. The first-order valence-corrected chi connectivity index (χ1v) is 6.35. The number of hydrogen-bond donors (Lipinski definition) is 1. The van der Waals surface area contributed by atoms with Crippen LogP contribution in [0, 0.1) is 0 Å². The van der Waals surface area contributed by atoms with Crippen LogP contribution in [0.4, 0.5) is 0 Å². The Kier molecular flexibility index (Phi) is 4.42. The van der Waals surface area contributed by atoms with E-state index >= 15 is 0 Å². The van der Waals surface area contributed by atoms with E-state index in [4.69, 9.17) is 0 Å². The summed E-state index contributed by atoms with van der Waals surface area (Å²) in [5.74, 6) is 0. The molecule has 0 unspecified atom stereocenters. The number of hydrogen-bond acceptors (Lipinski definition) is 2. The quantitative estimate of drug-likeness (QED) is 0.817. The van der Waals surface area contributed by atoms with Crippen LogP contribution in [0.2, 0.25) is 0 Å². The van der Waals surface area contributed by atoms with E-state index in [1.165, 1.54) is 4.90 Å². The van der Waals surface area contributed by atoms with E-state index in [0.29, 0.717) is 0 Å². The van der Waals surface area contributed by atoms with Gasteiger partial charge in [0.2, 0.25) is 0 Å². The molecule has 1 nitrogen and oxygen atoms in total. The number of aliphatic hydroxyl groups excluding tert-OH is 1. The summed E-state index contributed by atoms with van der Waals surface area (Å²) in [4.78, 5) is 1.17. The third-order valence-corrected chi connectivity index (χ3v) is 3.19. The highest BCUT2D eigenvalue weighted by atomic mass is 32.2. The average molecular weight is 242 g/mol. The Morgan fingerprint density at radius 3 is 2.12 bits per heavy atom. The largest absolute Gasteiger partial charge is 0.384 e. The lowest BCUT2D eigenvalue weighted by Crippen LogP contribution is -1.91. The third kappa shape index (κ3) is 3.77. The Bertz CT molecular complexity index is 465. The Hall–Kier alpha value is -1.51. The van der Waals surface area contributed by atoms with Crippen molar-refractivity contribution < 1.29 is 5.11 Å². The molecular weight excluding hydrogens is 228 g/mol. The highest BCUT2D eigenvalue weighted by Crippen LogP contribution is 2.21. The standard InChI is InChI=1S/C15H14OS/c16-15(13-7-3-1-4-8-13)11-12-17-14-9-5-2-6-10-14/h1-12,15-16H/b12-11-/t15-/m1/s1. The fourth-order valence-electron chi connectivity index (χ4n) is 1.45. The van der Waals surface area contributed by atoms with Crippen LogP contribution in [0.5, 0.6) is 0 Å². The zero-order chi connectivity index (χ0) is 11.9. The summed E-state index contributed by atoms with van der Waals surface area (Å²) >= 11 is 1.60. The number of rotatable bonds is 4. The SMILES string of the molecule is O[C@H](/C=C\Sc1ccccc1)c1ccccc1. The first-order valence-electron chi connectivity index (χ1n) is 5.47. The summed E-state index contributed by atoms with van der Waals surface area (Å²) in [6.45, 7) is 0. The normalized spacial score (nSPS) is 12.8. The maximum absolute atomic E-state index is 9.90. The lowest BCUT2D eigenvalue weighted by molar-refractivity contribution is 0.229. The second kappa shape index (κ2) is 6.28. The van der Waals surface area contributed by atoms with Crippen LogP contribution < -0.4 is 0 Å². The molecule has 0 aliphatic rings. The highest BCUT2D eigenvalue weighted by Gasteiger charge is 2.00. The Morgan fingerprint density at radius 1 is 0.882 bits per heavy atom. The molecule has 2 rings (SSSR count). The van der Waals surface area contributed by atoms with Crippen molar-refractivity contribution in [3.63, 3.8) is 0 Å². The van der Waals surface area contributed by atoms with Crippen molar-refractivity contribution in [2.75, 3.05) is 0 Å². The Balaban J connectivity index is 1.93. The zero-order valence-electron chi connectivity index (χ0n) is 9.36. The van der Waals surface area contributed by atoms with Crippen molar-refractivity contribution in [3.05, 3.63) is 77.7 Å². The molecule has 0 fully saturated rings. The summed E-state index contributed by atoms with van der Waals surface area (Å²) in [5, 5.41) is 11.8. The van der Waals surface area contributed by atoms with Gasteiger partial charge in [0.1, 0.15) is 0 Å². The van der Waals surface area contributed by atoms with Crippen molar-refractivity contribution in [2.24, 2.45) is 0 Å². The monoisotopic (exact) mass is 242 g/mol. The number of thioether (sulfide) groups is 1. The van der Waals surface area contributed by atoms with E-state index in [1.54, 1.807) is 17.8 Å². The van der Waals surface area contributed by atoms with Gasteiger partial charge in [-0.15, -0.1) is 0 Å². The van der Waals surface area contributed by atoms with Crippen molar-refractivity contribution in [3.8, 4) is 0 Å². The van der Waals surface area contributed by atoms with Crippen molar-refractivity contribution in [1.29, 1.82) is 0 Å². The van der Waals surface area contributed by atoms with Gasteiger partial charge in [-0.05, 0) is 29.2 Å². The fraction of sp³-hybridized carbons (Fsp3) is 0.0667. The number of benzene rings is 2. The summed E-state index contributed by atoms with van der Waals surface area (Å²) < 4.78 is 0. The fourth-order valence-corrected chi connectivity index (χ4v) is 2.15. The van der Waals surface area contributed by atoms with Crippen LogP contribution in [0.15, 0.2) is 77.0 Å². The molecule has 17 heavy (non-hydrogen) atoms. The van der Waals surface area contributed by atoms with Crippen LogP contribution in [-0.2, 0) is 0 Å². The first kappa shape index (κ1) is 12.0. The molecule has 0 saturated heterocycles. The third-order valence-electron chi connectivity index (χ3n) is 2.35. The van der Waals surface area contributed by atoms with E-state index in [-0.39, 0.29) is 0 Å². The highest BCUT2D eigenvalue weighted by molar-refractivity contribution is 8.02. The minimum absolute atomic E-state index is 0.535. The molecular formula is C15H14OS. The predicted octanol–water partition coefficient (Wildman–Crippen LogP) is 4.03. The van der Waals surface area contributed by atoms with Crippen LogP contribution in [-0.4, -0.2) is 5.11 Å². The van der Waals surface area contributed by atoms with Gasteiger partial charge < -0.3 is 5.11 Å². The van der Waals surface area contributed by atoms with Crippen molar-refractivity contribution in [2.45, 2.75) is 11.0 Å². The Labute approximate surface area is 106 Å². The molecule has 0 aliphatic carbocycles. The smallest absolute Gasteiger partial charge is 0.0979 e. The molecule has 0 spiro atoms. The first-order chi connectivity index (χ1) is 8.36. The van der Waals surface area contributed by atoms with Crippen LogP contribution in [0.1, 0.15) is 11.7 Å². The van der Waals surface area contributed by atoms with Crippen LogP contribution in [0.25, 0.3) is 0 Å². The second-order valence-corrected chi connectivity index (χ2v) is 4.59. The van der Waals surface area contributed by atoms with E-state index < -0.39 is 6.10 Å². The molecule has 86 valence electrons. The maximum atomic E-state index is 9.90. The van der Waals surface area contributed by atoms with Gasteiger partial charge in [-0.3, -0.25) is 0 Å². The van der Waals surface area contributed by atoms with Gasteiger partial charge in [-0.1, -0.05) is 60.3 Å². The van der Waals surface area contributed by atoms with Crippen LogP contribution >= 0.6 is 11.8 Å². The molecule has 0 saturated carbocycles. The van der Waals surface area contributed by atoms with Gasteiger partial charge in [0.25, 0.3) is 0 Å². The second-order valence-electron chi connectivity index (χ2n) is 3.61. The molecule has 0 heterocycles. The lowest BCUT2D eigenvalue weighted by Gasteiger charge is -2.04. The van der Waals surface area contributed by atoms with Gasteiger partial charge in [0, 0.05) is 4.90 Å². The summed E-state index contributed by atoms with van der Waals surface area (Å²) in [6, 6.07) is 19.7. The Morgan fingerprint density at radius 2 is 1.47 bits per heavy atom.